The largest absolute Gasteiger partial charge is 0.497 e. The van der Waals surface area contributed by atoms with Gasteiger partial charge < -0.3 is 15.4 Å². The molecule has 0 unspecified atom stereocenters. The summed E-state index contributed by atoms with van der Waals surface area (Å²) in [6.07, 6.45) is 4.99. The van der Waals surface area contributed by atoms with Crippen molar-refractivity contribution >= 4 is 29.6 Å². The van der Waals surface area contributed by atoms with Crippen molar-refractivity contribution in [2.24, 2.45) is 0 Å². The van der Waals surface area contributed by atoms with Crippen LogP contribution in [0.25, 0.3) is 6.08 Å². The number of imide groups is 1. The van der Waals surface area contributed by atoms with E-state index in [4.69, 9.17) is 4.74 Å². The van der Waals surface area contributed by atoms with E-state index in [1.807, 2.05) is 36.4 Å². The van der Waals surface area contributed by atoms with Crippen molar-refractivity contribution in [1.29, 1.82) is 0 Å². The van der Waals surface area contributed by atoms with Crippen molar-refractivity contribution in [3.05, 3.63) is 78.0 Å². The van der Waals surface area contributed by atoms with Gasteiger partial charge in [-0.3, -0.25) is 9.59 Å². The summed E-state index contributed by atoms with van der Waals surface area (Å²) in [6.45, 7) is -0.379. The third-order valence-electron chi connectivity index (χ3n) is 3.99. The quantitative estimate of drug-likeness (QED) is 0.599. The molecule has 0 spiro atoms. The lowest BCUT2D eigenvalue weighted by Crippen LogP contribution is -2.38. The highest BCUT2D eigenvalue weighted by molar-refractivity contribution is 6.14. The number of urea groups is 1. The smallest absolute Gasteiger partial charge is 0.329 e. The van der Waals surface area contributed by atoms with Gasteiger partial charge in [0, 0.05) is 5.69 Å². The van der Waals surface area contributed by atoms with E-state index in [1.165, 1.54) is 6.08 Å². The van der Waals surface area contributed by atoms with Crippen molar-refractivity contribution in [3.8, 4) is 5.75 Å². The first-order valence-corrected chi connectivity index (χ1v) is 8.57. The first-order chi connectivity index (χ1) is 13.6. The predicted octanol–water partition coefficient (Wildman–Crippen LogP) is 2.78. The molecule has 0 aromatic heterocycles. The average molecular weight is 377 g/mol. The Kier molecular flexibility index (Phi) is 5.86. The Morgan fingerprint density at radius 3 is 2.50 bits per heavy atom. The fourth-order valence-corrected chi connectivity index (χ4v) is 2.57. The second-order valence-electron chi connectivity index (χ2n) is 5.95. The fraction of sp³-hybridized carbons (Fsp3) is 0.0952. The predicted molar refractivity (Wildman–Crippen MR) is 105 cm³/mol. The van der Waals surface area contributed by atoms with Crippen LogP contribution in [-0.2, 0) is 9.59 Å². The van der Waals surface area contributed by atoms with Crippen LogP contribution in [0.4, 0.5) is 10.5 Å². The number of rotatable bonds is 6. The summed E-state index contributed by atoms with van der Waals surface area (Å²) in [7, 11) is 1.55. The molecule has 142 valence electrons. The minimum absolute atomic E-state index is 0.120. The number of methoxy groups -OCH3 is 1. The van der Waals surface area contributed by atoms with Crippen molar-refractivity contribution in [1.82, 2.24) is 10.2 Å². The summed E-state index contributed by atoms with van der Waals surface area (Å²) in [4.78, 5) is 37.4. The molecular formula is C21H19N3O4. The highest BCUT2D eigenvalue weighted by atomic mass is 16.5. The summed E-state index contributed by atoms with van der Waals surface area (Å²) >= 11 is 0. The molecule has 1 fully saturated rings. The summed E-state index contributed by atoms with van der Waals surface area (Å²) < 4.78 is 5.05. The first kappa shape index (κ1) is 18.9. The summed E-state index contributed by atoms with van der Waals surface area (Å²) in [6, 6.07) is 15.6. The number of benzene rings is 2. The van der Waals surface area contributed by atoms with Crippen LogP contribution in [-0.4, -0.2) is 36.4 Å². The Morgan fingerprint density at radius 2 is 1.82 bits per heavy atom. The van der Waals surface area contributed by atoms with Gasteiger partial charge in [-0.25, -0.2) is 9.69 Å². The van der Waals surface area contributed by atoms with Gasteiger partial charge in [-0.1, -0.05) is 42.5 Å². The molecule has 7 heteroatoms. The van der Waals surface area contributed by atoms with Gasteiger partial charge in [-0.05, 0) is 35.9 Å². The highest BCUT2D eigenvalue weighted by Crippen LogP contribution is 2.16. The first-order valence-electron chi connectivity index (χ1n) is 8.57. The maximum absolute atomic E-state index is 12.4. The Bertz CT molecular complexity index is 934. The normalized spacial score (nSPS) is 15.2. The number of allylic oxidation sites excluding steroid dienone is 2. The summed E-state index contributed by atoms with van der Waals surface area (Å²) in [5.74, 6) is -0.368. The van der Waals surface area contributed by atoms with E-state index in [2.05, 4.69) is 10.6 Å². The average Bonchev–Trinajstić information content (AvgIpc) is 2.97. The number of anilines is 1. The van der Waals surface area contributed by atoms with E-state index >= 15 is 0 Å². The molecule has 1 aliphatic rings. The molecule has 2 aromatic carbocycles. The molecule has 2 N–H and O–H groups in total. The van der Waals surface area contributed by atoms with Gasteiger partial charge in [0.2, 0.25) is 5.91 Å². The van der Waals surface area contributed by atoms with Crippen LogP contribution in [0.3, 0.4) is 0 Å². The zero-order chi connectivity index (χ0) is 19.9. The Balaban J connectivity index is 1.60. The van der Waals surface area contributed by atoms with Gasteiger partial charge in [0.15, 0.2) is 0 Å². The number of carbonyl (C=O) groups is 3. The fourth-order valence-electron chi connectivity index (χ4n) is 2.57. The molecule has 0 atom stereocenters. The maximum atomic E-state index is 12.4. The van der Waals surface area contributed by atoms with Crippen molar-refractivity contribution in [2.45, 2.75) is 0 Å². The van der Waals surface area contributed by atoms with Crippen molar-refractivity contribution in [2.75, 3.05) is 19.0 Å². The van der Waals surface area contributed by atoms with Crippen molar-refractivity contribution in [3.63, 3.8) is 0 Å². The lowest BCUT2D eigenvalue weighted by molar-refractivity contribution is -0.127. The Hall–Kier alpha value is -3.87. The molecule has 2 aromatic rings. The molecule has 1 aliphatic heterocycles. The highest BCUT2D eigenvalue weighted by Gasteiger charge is 2.34. The number of amides is 4. The SMILES string of the molecule is COc1ccc(NC(=O)CN2C(=O)NC(=CC=Cc3ccccc3)C2=O)cc1. The number of hydrogen-bond acceptors (Lipinski definition) is 4. The van der Waals surface area contributed by atoms with Gasteiger partial charge in [0.1, 0.15) is 18.0 Å². The lowest BCUT2D eigenvalue weighted by Gasteiger charge is -2.12. The number of hydrogen-bond donors (Lipinski definition) is 2. The maximum Gasteiger partial charge on any atom is 0.329 e. The third kappa shape index (κ3) is 4.64. The van der Waals surface area contributed by atoms with Crippen LogP contribution in [0.15, 0.2) is 72.4 Å². The second-order valence-corrected chi connectivity index (χ2v) is 5.95. The molecule has 0 aliphatic carbocycles. The Labute approximate surface area is 162 Å². The van der Waals surface area contributed by atoms with Gasteiger partial charge in [-0.2, -0.15) is 0 Å². The number of ether oxygens (including phenoxy) is 1. The molecule has 0 radical (unpaired) electrons. The van der Waals surface area contributed by atoms with Crippen LogP contribution in [0.5, 0.6) is 5.75 Å². The van der Waals surface area contributed by atoms with E-state index in [-0.39, 0.29) is 12.2 Å². The van der Waals surface area contributed by atoms with Gasteiger partial charge >= 0.3 is 6.03 Å². The van der Waals surface area contributed by atoms with E-state index in [9.17, 15) is 14.4 Å². The van der Waals surface area contributed by atoms with E-state index in [0.29, 0.717) is 11.4 Å². The number of nitrogens with one attached hydrogen (secondary N) is 2. The van der Waals surface area contributed by atoms with Crippen LogP contribution in [0, 0.1) is 0 Å². The lowest BCUT2D eigenvalue weighted by atomic mass is 10.2. The molecule has 3 rings (SSSR count). The zero-order valence-electron chi connectivity index (χ0n) is 15.2. The zero-order valence-corrected chi connectivity index (χ0v) is 15.2. The number of nitrogens with zero attached hydrogens (tertiary/aromatic N) is 1. The molecule has 1 saturated heterocycles. The molecule has 1 heterocycles. The topological polar surface area (TPSA) is 87.7 Å². The summed E-state index contributed by atoms with van der Waals surface area (Å²) in [5, 5.41) is 5.11. The van der Waals surface area contributed by atoms with E-state index < -0.39 is 17.8 Å². The van der Waals surface area contributed by atoms with E-state index in [1.54, 1.807) is 37.5 Å². The molecular weight excluding hydrogens is 358 g/mol. The van der Waals surface area contributed by atoms with Crippen LogP contribution in [0.2, 0.25) is 0 Å². The minimum Gasteiger partial charge on any atom is -0.497 e. The van der Waals surface area contributed by atoms with E-state index in [0.717, 1.165) is 10.5 Å². The second kappa shape index (κ2) is 8.68. The van der Waals surface area contributed by atoms with Crippen LogP contribution in [0.1, 0.15) is 5.56 Å². The van der Waals surface area contributed by atoms with Crippen LogP contribution < -0.4 is 15.4 Å². The molecule has 4 amide bonds. The summed E-state index contributed by atoms with van der Waals surface area (Å²) in [5.41, 5.74) is 1.63. The molecule has 7 nitrogen and oxygen atoms in total. The van der Waals surface area contributed by atoms with Gasteiger partial charge in [-0.15, -0.1) is 0 Å². The molecule has 28 heavy (non-hydrogen) atoms. The number of carbonyl (C=O) groups excluding carboxylic acids is 3. The van der Waals surface area contributed by atoms with Crippen LogP contribution >= 0.6 is 0 Å². The van der Waals surface area contributed by atoms with Gasteiger partial charge in [0.05, 0.1) is 7.11 Å². The molecule has 0 saturated carbocycles. The third-order valence-corrected chi connectivity index (χ3v) is 3.99. The van der Waals surface area contributed by atoms with Crippen molar-refractivity contribution < 1.29 is 19.1 Å². The Morgan fingerprint density at radius 1 is 1.11 bits per heavy atom. The minimum atomic E-state index is -0.630. The monoisotopic (exact) mass is 377 g/mol. The molecule has 0 bridgehead atoms. The van der Waals surface area contributed by atoms with Gasteiger partial charge in [0.25, 0.3) is 5.91 Å². The standard InChI is InChI=1S/C21H19N3O4/c1-28-17-12-10-16(11-13-17)22-19(25)14-24-20(26)18(23-21(24)27)9-5-8-15-6-3-2-4-7-15/h2-13H,14H2,1H3,(H,22,25)(H,23,27).